The van der Waals surface area contributed by atoms with Gasteiger partial charge >= 0.3 is 0 Å². The topological polar surface area (TPSA) is 156 Å². The van der Waals surface area contributed by atoms with Crippen LogP contribution in [0.15, 0.2) is 315 Å². The first-order valence-corrected chi connectivity index (χ1v) is 40.9. The Morgan fingerprint density at radius 2 is 0.458 bits per heavy atom. The Hall–Kier alpha value is -13.5. The van der Waals surface area contributed by atoms with Crippen LogP contribution in [0.3, 0.4) is 0 Å². The summed E-state index contributed by atoms with van der Waals surface area (Å²) in [4.78, 5) is 13.4. The van der Waals surface area contributed by atoms with E-state index in [1.165, 1.54) is 11.1 Å². The van der Waals surface area contributed by atoms with E-state index < -0.39 is 0 Å². The van der Waals surface area contributed by atoms with Crippen LogP contribution in [0.4, 0.5) is 102 Å². The van der Waals surface area contributed by atoms with Gasteiger partial charge in [-0.1, -0.05) is 91.1 Å². The first-order chi connectivity index (χ1) is 58.8. The number of aryl methyl sites for hydroxylation is 2. The summed E-state index contributed by atoms with van der Waals surface area (Å²) in [5, 5.41) is 41.8. The van der Waals surface area contributed by atoms with E-state index in [0.717, 1.165) is 157 Å². The number of rotatable bonds is 32. The highest BCUT2D eigenvalue weighted by molar-refractivity contribution is 5.87. The van der Waals surface area contributed by atoms with Crippen LogP contribution in [0.2, 0.25) is 0 Å². The van der Waals surface area contributed by atoms with E-state index in [1.54, 1.807) is 28.4 Å². The quantitative estimate of drug-likeness (QED) is 0.0316. The Kier molecular flexibility index (Phi) is 25.5. The molecule has 0 unspecified atom stereocenters. The van der Waals surface area contributed by atoms with Gasteiger partial charge in [-0.15, -0.1) is 0 Å². The number of aliphatic hydroxyl groups is 4. The molecule has 14 aromatic rings. The van der Waals surface area contributed by atoms with Crippen molar-refractivity contribution in [3.05, 3.63) is 360 Å². The predicted molar refractivity (Wildman–Crippen MR) is 487 cm³/mol. The van der Waals surface area contributed by atoms with Crippen molar-refractivity contribution in [2.75, 3.05) is 71.1 Å². The van der Waals surface area contributed by atoms with Crippen molar-refractivity contribution in [1.82, 2.24) is 0 Å². The summed E-state index contributed by atoms with van der Waals surface area (Å²) in [5.41, 5.74) is 23.8. The van der Waals surface area contributed by atoms with E-state index in [4.69, 9.17) is 28.4 Å². The van der Waals surface area contributed by atoms with Crippen LogP contribution in [0.25, 0.3) is 0 Å². The maximum atomic E-state index is 10.6. The van der Waals surface area contributed by atoms with Crippen molar-refractivity contribution < 1.29 is 48.8 Å². The summed E-state index contributed by atoms with van der Waals surface area (Å²) in [6, 6.07) is 110. The van der Waals surface area contributed by atoms with Gasteiger partial charge in [-0.25, -0.2) is 0 Å². The van der Waals surface area contributed by atoms with Gasteiger partial charge in [0.1, 0.15) is 34.5 Å². The number of nitrogens with zero attached hydrogens (tertiary/aromatic N) is 6. The summed E-state index contributed by atoms with van der Waals surface area (Å²) in [7, 11) is 6.50. The molecule has 1 aliphatic rings. The number of hydrogen-bond donors (Lipinski definition) is 4. The van der Waals surface area contributed by atoms with Gasteiger partial charge in [0.25, 0.3) is 0 Å². The van der Waals surface area contributed by atoms with Gasteiger partial charge in [-0.2, -0.15) is 0 Å². The number of anilines is 18. The molecule has 1 fully saturated rings. The van der Waals surface area contributed by atoms with Gasteiger partial charge in [0, 0.05) is 142 Å². The molecule has 608 valence electrons. The number of aliphatic hydroxyl groups excluding tert-OH is 4. The molecule has 0 bridgehead atoms. The molecule has 0 saturated heterocycles. The van der Waals surface area contributed by atoms with Gasteiger partial charge in [0.15, 0.2) is 0 Å². The first kappa shape index (κ1) is 81.7. The molecule has 15 rings (SSSR count). The Bertz CT molecular complexity index is 5430. The molecule has 0 radical (unpaired) electrons. The lowest BCUT2D eigenvalue weighted by atomic mass is 9.65. The van der Waals surface area contributed by atoms with Crippen molar-refractivity contribution in [3.63, 3.8) is 0 Å². The molecule has 0 aliphatic heterocycles. The monoisotopic (exact) mass is 1590 g/mol. The van der Waals surface area contributed by atoms with E-state index in [9.17, 15) is 20.4 Å². The lowest BCUT2D eigenvalue weighted by Gasteiger charge is -2.39. The number of methoxy groups -OCH3 is 4. The first-order valence-electron chi connectivity index (χ1n) is 40.9. The van der Waals surface area contributed by atoms with Crippen LogP contribution in [0.5, 0.6) is 34.5 Å². The van der Waals surface area contributed by atoms with Crippen LogP contribution >= 0.6 is 0 Å². The van der Waals surface area contributed by atoms with E-state index in [2.05, 4.69) is 262 Å². The van der Waals surface area contributed by atoms with Gasteiger partial charge in [0.2, 0.25) is 0 Å². The molecule has 0 aromatic heterocycles. The molecule has 4 N–H and O–H groups in total. The molecule has 120 heavy (non-hydrogen) atoms. The number of benzene rings is 14. The zero-order chi connectivity index (χ0) is 83.2. The minimum atomic E-state index is -0.310. The fraction of sp³-hybridized carbons (Fsp3) is 0.192. The Morgan fingerprint density at radius 3 is 0.708 bits per heavy atom. The van der Waals surface area contributed by atoms with Gasteiger partial charge in [0.05, 0.1) is 68.1 Å². The summed E-state index contributed by atoms with van der Waals surface area (Å²) >= 11 is 0. The highest BCUT2D eigenvalue weighted by atomic mass is 16.5. The summed E-state index contributed by atoms with van der Waals surface area (Å²) in [6.07, 6.45) is 5.25. The van der Waals surface area contributed by atoms with Gasteiger partial charge in [-0.05, 0) is 294 Å². The Labute approximate surface area is 704 Å². The molecule has 14 aromatic carbocycles. The Morgan fingerprint density at radius 1 is 0.242 bits per heavy atom. The smallest absolute Gasteiger partial charge is 0.126 e. The maximum Gasteiger partial charge on any atom is 0.126 e. The van der Waals surface area contributed by atoms with Crippen LogP contribution < -0.4 is 57.8 Å². The lowest BCUT2D eigenvalue weighted by molar-refractivity contribution is 0.273. The second kappa shape index (κ2) is 37.4. The van der Waals surface area contributed by atoms with Crippen LogP contribution in [-0.4, -0.2) is 62.1 Å². The zero-order valence-electron chi connectivity index (χ0n) is 69.2. The highest BCUT2D eigenvalue weighted by Crippen LogP contribution is 2.51. The van der Waals surface area contributed by atoms with Crippen LogP contribution in [0, 0.1) is 13.8 Å². The van der Waals surface area contributed by atoms with Crippen molar-refractivity contribution in [2.45, 2.75) is 91.6 Å². The lowest BCUT2D eigenvalue weighted by Crippen LogP contribution is -2.30. The van der Waals surface area contributed by atoms with E-state index >= 15 is 0 Å². The van der Waals surface area contributed by atoms with Crippen molar-refractivity contribution >= 4 is 102 Å². The fourth-order valence-corrected chi connectivity index (χ4v) is 16.6. The Balaban J connectivity index is 0.824. The second-order valence-electron chi connectivity index (χ2n) is 30.0. The number of ether oxygens (including phenoxy) is 6. The normalized spacial score (nSPS) is 12.3. The molecule has 0 spiro atoms. The molecule has 1 aliphatic carbocycles. The summed E-state index contributed by atoms with van der Waals surface area (Å²) in [5.74, 6) is 3.95. The highest BCUT2D eigenvalue weighted by Gasteiger charge is 2.37. The third-order valence-electron chi connectivity index (χ3n) is 22.7. The minimum absolute atomic E-state index is 0.163. The molecule has 0 heterocycles. The van der Waals surface area contributed by atoms with Crippen molar-refractivity contribution in [2.24, 2.45) is 0 Å². The SMILES string of the molecule is CCOc1ccc(N(c2ccc(N(c3ccc(N(c4ccc(OCC)cc4)c4ccc(CO)c(OC)c4)cc3)c3ccc(C4(c5ccc(N(c6ccc(N(c7ccc(C)cc7)c7ccc(OC)c(CO)c7)cc6)c6ccc(N(c7ccc(C)cc7)c7ccc(OC)c(CO)c7)cc6)cc5)CCCCC4)cc3)cc2)c2ccc(CO)c(OC)c2)cc1. The molecule has 0 atom stereocenters. The third kappa shape index (κ3) is 17.3. The molecule has 16 nitrogen and oxygen atoms in total. The molecule has 1 saturated carbocycles. The average Bonchev–Trinajstić information content (AvgIpc) is 0.752. The molecular formula is C104H102N6O10. The molecule has 0 amide bonds. The maximum absolute atomic E-state index is 10.6. The van der Waals surface area contributed by atoms with Gasteiger partial charge in [-0.3, -0.25) is 0 Å². The van der Waals surface area contributed by atoms with E-state index in [0.29, 0.717) is 58.5 Å². The minimum Gasteiger partial charge on any atom is -0.496 e. The standard InChI is InChI=1S/C104H102N6O10/c1-9-119-98-56-50-92(51-57-98)109(96-28-18-74(68-111)102(66-96)117-7)90-46-38-86(39-47-90)106(87-40-48-91(49-41-87)110(93-52-58-99(59-53-93)120-10-2)97-29-19-75(69-112)103(67-97)118-8)83-32-22-79(23-33-83)104(62-12-11-13-63-104)78-20-30-82(31-21-78)105(84-34-42-88(43-35-84)107(80-24-14-72(3)15-25-80)94-54-60-100(115-5)76(64-94)70-113)85-36-44-89(45-37-85)108(81-26-16-73(4)17-27-81)95-55-61-101(116-6)77(65-95)71-114/h14-61,64-67,111-114H,9-13,62-63,68-71H2,1-8H3. The summed E-state index contributed by atoms with van der Waals surface area (Å²) in [6.45, 7) is 8.54. The van der Waals surface area contributed by atoms with Gasteiger partial charge < -0.3 is 78.2 Å². The largest absolute Gasteiger partial charge is 0.496 e. The molecular weight excluding hydrogens is 1490 g/mol. The van der Waals surface area contributed by atoms with Crippen LogP contribution in [-0.2, 0) is 31.8 Å². The van der Waals surface area contributed by atoms with Crippen molar-refractivity contribution in [1.29, 1.82) is 0 Å². The zero-order valence-corrected chi connectivity index (χ0v) is 69.2. The fourth-order valence-electron chi connectivity index (χ4n) is 16.6. The van der Waals surface area contributed by atoms with E-state index in [-0.39, 0.29) is 31.8 Å². The molecule has 16 heteroatoms. The predicted octanol–water partition coefficient (Wildman–Crippen LogP) is 25.2. The van der Waals surface area contributed by atoms with E-state index in [1.807, 2.05) is 111 Å². The third-order valence-corrected chi connectivity index (χ3v) is 22.7. The van der Waals surface area contributed by atoms with Crippen LogP contribution in [0.1, 0.15) is 90.5 Å². The second-order valence-corrected chi connectivity index (χ2v) is 30.0. The summed E-state index contributed by atoms with van der Waals surface area (Å²) < 4.78 is 34.9. The van der Waals surface area contributed by atoms with Crippen molar-refractivity contribution in [3.8, 4) is 34.5 Å². The average molecular weight is 1600 g/mol. The number of hydrogen-bond acceptors (Lipinski definition) is 16.